The summed E-state index contributed by atoms with van der Waals surface area (Å²) in [5, 5.41) is 8.73. The van der Waals surface area contributed by atoms with E-state index in [9.17, 15) is 4.79 Å². The van der Waals surface area contributed by atoms with Gasteiger partial charge in [0.25, 0.3) is 0 Å². The molecule has 0 bridgehead atoms. The van der Waals surface area contributed by atoms with E-state index in [0.29, 0.717) is 12.8 Å². The molecule has 0 saturated heterocycles. The van der Waals surface area contributed by atoms with Crippen molar-refractivity contribution in [1.29, 1.82) is 0 Å². The summed E-state index contributed by atoms with van der Waals surface area (Å²) < 4.78 is 5.25. The number of hydrogen-bond donors (Lipinski definition) is 2. The molecule has 0 amide bonds. The molecule has 0 aromatic heterocycles. The van der Waals surface area contributed by atoms with E-state index >= 15 is 0 Å². The molecule has 1 unspecified atom stereocenters. The second-order valence-electron chi connectivity index (χ2n) is 3.98. The largest absolute Gasteiger partial charge is 0.496 e. The number of benzene rings is 1. The molecule has 4 nitrogen and oxygen atoms in total. The zero-order valence-electron chi connectivity index (χ0n) is 10.3. The van der Waals surface area contributed by atoms with E-state index in [4.69, 9.17) is 15.6 Å². The van der Waals surface area contributed by atoms with Gasteiger partial charge in [-0.25, -0.2) is 0 Å². The highest BCUT2D eigenvalue weighted by molar-refractivity contribution is 5.73. The van der Waals surface area contributed by atoms with Gasteiger partial charge in [0, 0.05) is 0 Å². The zero-order valence-corrected chi connectivity index (χ0v) is 10.3. The monoisotopic (exact) mass is 237 g/mol. The first kappa shape index (κ1) is 13.5. The van der Waals surface area contributed by atoms with Crippen LogP contribution in [0.25, 0.3) is 0 Å². The van der Waals surface area contributed by atoms with Crippen LogP contribution in [0.3, 0.4) is 0 Å². The minimum atomic E-state index is -0.962. The molecule has 0 aliphatic heterocycles. The Labute approximate surface area is 101 Å². The van der Waals surface area contributed by atoms with Gasteiger partial charge in [0.1, 0.15) is 11.8 Å². The summed E-state index contributed by atoms with van der Waals surface area (Å²) in [6, 6.07) is 5.16. The van der Waals surface area contributed by atoms with Crippen LogP contribution < -0.4 is 10.5 Å². The van der Waals surface area contributed by atoms with Crippen LogP contribution in [0.2, 0.25) is 0 Å². The van der Waals surface area contributed by atoms with E-state index in [1.165, 1.54) is 5.56 Å². The van der Waals surface area contributed by atoms with E-state index < -0.39 is 12.0 Å². The van der Waals surface area contributed by atoms with E-state index in [1.54, 1.807) is 7.11 Å². The summed E-state index contributed by atoms with van der Waals surface area (Å²) in [5.41, 5.74) is 7.72. The molecule has 94 valence electrons. The maximum atomic E-state index is 10.6. The second kappa shape index (κ2) is 6.25. The van der Waals surface area contributed by atoms with Crippen molar-refractivity contribution in [3.05, 3.63) is 29.3 Å². The van der Waals surface area contributed by atoms with Crippen LogP contribution in [0, 0.1) is 0 Å². The average molecular weight is 237 g/mol. The number of aliphatic carboxylic acids is 1. The van der Waals surface area contributed by atoms with Crippen LogP contribution in [-0.4, -0.2) is 24.2 Å². The molecular weight excluding hydrogens is 218 g/mol. The fourth-order valence-corrected chi connectivity index (χ4v) is 1.68. The standard InChI is InChI=1S/C13H19NO3/c1-3-9-4-7-12(17-2)10(8-9)5-6-11(14)13(15)16/h4,7-8,11H,3,5-6,14H2,1-2H3,(H,15,16). The number of carboxylic acid groups (broad SMARTS) is 1. The fourth-order valence-electron chi connectivity index (χ4n) is 1.68. The molecule has 4 heteroatoms. The predicted molar refractivity (Wildman–Crippen MR) is 66.3 cm³/mol. The van der Waals surface area contributed by atoms with Gasteiger partial charge in [0.15, 0.2) is 0 Å². The van der Waals surface area contributed by atoms with Gasteiger partial charge in [-0.2, -0.15) is 0 Å². The van der Waals surface area contributed by atoms with Gasteiger partial charge in [0.2, 0.25) is 0 Å². The smallest absolute Gasteiger partial charge is 0.320 e. The topological polar surface area (TPSA) is 72.5 Å². The number of ether oxygens (including phenoxy) is 1. The summed E-state index contributed by atoms with van der Waals surface area (Å²) in [6.45, 7) is 2.08. The number of hydrogen-bond acceptors (Lipinski definition) is 3. The molecule has 0 aliphatic rings. The van der Waals surface area contributed by atoms with Gasteiger partial charge >= 0.3 is 5.97 Å². The number of aryl methyl sites for hydroxylation is 2. The number of carbonyl (C=O) groups is 1. The first-order valence-electron chi connectivity index (χ1n) is 5.72. The van der Waals surface area contributed by atoms with Crippen molar-refractivity contribution < 1.29 is 14.6 Å². The second-order valence-corrected chi connectivity index (χ2v) is 3.98. The van der Waals surface area contributed by atoms with Crippen molar-refractivity contribution in [3.63, 3.8) is 0 Å². The van der Waals surface area contributed by atoms with Gasteiger partial charge < -0.3 is 15.6 Å². The minimum Gasteiger partial charge on any atom is -0.496 e. The quantitative estimate of drug-likeness (QED) is 0.788. The van der Waals surface area contributed by atoms with Gasteiger partial charge in [-0.3, -0.25) is 4.79 Å². The van der Waals surface area contributed by atoms with Crippen molar-refractivity contribution in [2.75, 3.05) is 7.11 Å². The Morgan fingerprint density at radius 2 is 2.24 bits per heavy atom. The predicted octanol–water partition coefficient (Wildman–Crippen LogP) is 1.60. The summed E-state index contributed by atoms with van der Waals surface area (Å²) in [4.78, 5) is 10.6. The summed E-state index contributed by atoms with van der Waals surface area (Å²) >= 11 is 0. The number of carboxylic acids is 1. The molecule has 0 spiro atoms. The van der Waals surface area contributed by atoms with Crippen molar-refractivity contribution >= 4 is 5.97 Å². The Balaban J connectivity index is 2.77. The molecule has 1 aromatic rings. The maximum absolute atomic E-state index is 10.6. The third-order valence-corrected chi connectivity index (χ3v) is 2.79. The number of rotatable bonds is 6. The Bertz CT molecular complexity index is 390. The van der Waals surface area contributed by atoms with Gasteiger partial charge in [-0.1, -0.05) is 19.1 Å². The molecule has 0 saturated carbocycles. The molecule has 1 atom stereocenters. The first-order valence-corrected chi connectivity index (χ1v) is 5.72. The Hall–Kier alpha value is -1.55. The van der Waals surface area contributed by atoms with Crippen molar-refractivity contribution in [2.45, 2.75) is 32.2 Å². The third-order valence-electron chi connectivity index (χ3n) is 2.79. The third kappa shape index (κ3) is 3.75. The lowest BCUT2D eigenvalue weighted by atomic mass is 10.0. The Morgan fingerprint density at radius 1 is 1.53 bits per heavy atom. The molecule has 0 aliphatic carbocycles. The van der Waals surface area contributed by atoms with Crippen LogP contribution in [0.1, 0.15) is 24.5 Å². The van der Waals surface area contributed by atoms with Crippen LogP contribution in [-0.2, 0) is 17.6 Å². The molecule has 1 aromatic carbocycles. The van der Waals surface area contributed by atoms with Crippen molar-refractivity contribution in [3.8, 4) is 5.75 Å². The minimum absolute atomic E-state index is 0.416. The highest BCUT2D eigenvalue weighted by atomic mass is 16.5. The summed E-state index contributed by atoms with van der Waals surface area (Å²) in [5.74, 6) is -0.171. The average Bonchev–Trinajstić information content (AvgIpc) is 2.35. The van der Waals surface area contributed by atoms with E-state index in [-0.39, 0.29) is 0 Å². The highest BCUT2D eigenvalue weighted by Gasteiger charge is 2.13. The maximum Gasteiger partial charge on any atom is 0.320 e. The number of nitrogens with two attached hydrogens (primary N) is 1. The Kier molecular flexibility index (Phi) is 4.97. The lowest BCUT2D eigenvalue weighted by Crippen LogP contribution is -2.30. The van der Waals surface area contributed by atoms with Crippen LogP contribution in [0.5, 0.6) is 5.75 Å². The normalized spacial score (nSPS) is 12.2. The van der Waals surface area contributed by atoms with E-state index in [2.05, 4.69) is 6.92 Å². The lowest BCUT2D eigenvalue weighted by molar-refractivity contribution is -0.138. The molecule has 0 radical (unpaired) electrons. The van der Waals surface area contributed by atoms with Crippen LogP contribution in [0.4, 0.5) is 0 Å². The lowest BCUT2D eigenvalue weighted by Gasteiger charge is -2.11. The molecule has 1 rings (SSSR count). The van der Waals surface area contributed by atoms with Crippen molar-refractivity contribution in [1.82, 2.24) is 0 Å². The fraction of sp³-hybridized carbons (Fsp3) is 0.462. The molecule has 0 heterocycles. The Morgan fingerprint density at radius 3 is 2.76 bits per heavy atom. The molecule has 3 N–H and O–H groups in total. The molecular formula is C13H19NO3. The molecule has 0 fully saturated rings. The van der Waals surface area contributed by atoms with Gasteiger partial charge in [-0.15, -0.1) is 0 Å². The summed E-state index contributed by atoms with van der Waals surface area (Å²) in [6.07, 6.45) is 1.98. The van der Waals surface area contributed by atoms with Gasteiger partial charge in [-0.05, 0) is 36.5 Å². The van der Waals surface area contributed by atoms with E-state index in [1.807, 2.05) is 18.2 Å². The van der Waals surface area contributed by atoms with Crippen LogP contribution in [0.15, 0.2) is 18.2 Å². The van der Waals surface area contributed by atoms with Gasteiger partial charge in [0.05, 0.1) is 7.11 Å². The number of methoxy groups -OCH3 is 1. The zero-order chi connectivity index (χ0) is 12.8. The van der Waals surface area contributed by atoms with E-state index in [0.717, 1.165) is 17.7 Å². The van der Waals surface area contributed by atoms with Crippen LogP contribution >= 0.6 is 0 Å². The first-order chi connectivity index (χ1) is 8.08. The highest BCUT2D eigenvalue weighted by Crippen LogP contribution is 2.22. The summed E-state index contributed by atoms with van der Waals surface area (Å²) in [7, 11) is 1.61. The van der Waals surface area contributed by atoms with Crippen molar-refractivity contribution in [2.24, 2.45) is 5.73 Å². The SMILES string of the molecule is CCc1ccc(OC)c(CCC(N)C(=O)O)c1. The molecule has 17 heavy (non-hydrogen) atoms.